The lowest BCUT2D eigenvalue weighted by molar-refractivity contribution is 0.347. The van der Waals surface area contributed by atoms with Crippen LogP contribution in [0.4, 0.5) is 0 Å². The van der Waals surface area contributed by atoms with Gasteiger partial charge in [-0.15, -0.1) is 11.3 Å². The highest BCUT2D eigenvalue weighted by molar-refractivity contribution is 7.11. The highest BCUT2D eigenvalue weighted by Gasteiger charge is 2.30. The van der Waals surface area contributed by atoms with E-state index < -0.39 is 0 Å². The number of benzene rings is 1. The number of pyridine rings is 1. The van der Waals surface area contributed by atoms with Gasteiger partial charge in [0.05, 0.1) is 17.8 Å². The van der Waals surface area contributed by atoms with Crippen LogP contribution in [0.1, 0.15) is 21.7 Å². The van der Waals surface area contributed by atoms with Gasteiger partial charge in [-0.1, -0.05) is 12.1 Å². The number of rotatable bonds is 4. The van der Waals surface area contributed by atoms with Gasteiger partial charge in [-0.2, -0.15) is 0 Å². The monoisotopic (exact) mass is 376 g/mol. The van der Waals surface area contributed by atoms with E-state index in [1.807, 2.05) is 22.4 Å². The maximum absolute atomic E-state index is 10.5. The number of aryl methyl sites for hydroxylation is 2. The van der Waals surface area contributed by atoms with Gasteiger partial charge in [0.15, 0.2) is 0 Å². The maximum Gasteiger partial charge on any atom is 0.135 e. The Bertz CT molecular complexity index is 1040. The Labute approximate surface area is 162 Å². The molecule has 5 nitrogen and oxygen atoms in total. The van der Waals surface area contributed by atoms with Gasteiger partial charge in [-0.25, -0.2) is 4.98 Å². The van der Waals surface area contributed by atoms with Gasteiger partial charge in [0, 0.05) is 29.9 Å². The Morgan fingerprint density at radius 3 is 2.67 bits per heavy atom. The molecular weight excluding hydrogens is 356 g/mol. The van der Waals surface area contributed by atoms with Crippen LogP contribution in [0.2, 0.25) is 0 Å². The molecular formula is C21H20N4OS. The van der Waals surface area contributed by atoms with Crippen LogP contribution in [0.3, 0.4) is 0 Å². The Morgan fingerprint density at radius 2 is 1.93 bits per heavy atom. The third kappa shape index (κ3) is 3.36. The summed E-state index contributed by atoms with van der Waals surface area (Å²) in [6.45, 7) is 5.06. The van der Waals surface area contributed by atoms with Crippen molar-refractivity contribution in [1.29, 1.82) is 5.41 Å². The molecule has 4 rings (SSSR count). The van der Waals surface area contributed by atoms with Gasteiger partial charge in [-0.05, 0) is 48.7 Å². The number of aromatic nitrogens is 2. The predicted molar refractivity (Wildman–Crippen MR) is 109 cm³/mol. The quantitative estimate of drug-likeness (QED) is 0.699. The van der Waals surface area contributed by atoms with Crippen molar-refractivity contribution in [2.75, 3.05) is 6.54 Å². The fourth-order valence-corrected chi connectivity index (χ4v) is 4.02. The van der Waals surface area contributed by atoms with Crippen LogP contribution in [0, 0.1) is 19.3 Å². The normalized spacial score (nSPS) is 14.3. The molecule has 0 radical (unpaired) electrons. The first kappa shape index (κ1) is 17.4. The number of amidine groups is 1. The Morgan fingerprint density at radius 1 is 1.15 bits per heavy atom. The second kappa shape index (κ2) is 6.96. The third-order valence-corrected chi connectivity index (χ3v) is 5.69. The summed E-state index contributed by atoms with van der Waals surface area (Å²) in [6.07, 6.45) is 3.47. The second-order valence-electron chi connectivity index (χ2n) is 6.72. The van der Waals surface area contributed by atoms with E-state index in [1.165, 1.54) is 22.5 Å². The molecule has 0 unspecified atom stereocenters. The zero-order valence-corrected chi connectivity index (χ0v) is 16.0. The minimum absolute atomic E-state index is 0.204. The molecule has 0 saturated carbocycles. The number of nitrogens with one attached hydrogen (secondary N) is 1. The van der Waals surface area contributed by atoms with Gasteiger partial charge in [0.1, 0.15) is 16.6 Å². The summed E-state index contributed by atoms with van der Waals surface area (Å²) in [5.74, 6) is 0.514. The zero-order valence-electron chi connectivity index (χ0n) is 15.2. The minimum Gasteiger partial charge on any atom is -0.510 e. The molecule has 0 atom stereocenters. The first-order valence-electron chi connectivity index (χ1n) is 8.71. The van der Waals surface area contributed by atoms with Gasteiger partial charge in [0.25, 0.3) is 0 Å². The largest absolute Gasteiger partial charge is 0.510 e. The van der Waals surface area contributed by atoms with Crippen molar-refractivity contribution in [2.24, 2.45) is 0 Å². The first-order valence-corrected chi connectivity index (χ1v) is 9.59. The molecule has 136 valence electrons. The molecule has 0 bridgehead atoms. The molecule has 6 heteroatoms. The molecule has 3 aromatic rings. The zero-order chi connectivity index (χ0) is 19.0. The first-order chi connectivity index (χ1) is 13.0. The average molecular weight is 376 g/mol. The lowest BCUT2D eigenvalue weighted by Crippen LogP contribution is -2.26. The molecule has 0 saturated heterocycles. The Balaban J connectivity index is 1.58. The van der Waals surface area contributed by atoms with Crippen LogP contribution in [0.25, 0.3) is 16.8 Å². The highest BCUT2D eigenvalue weighted by Crippen LogP contribution is 2.33. The molecule has 0 aliphatic carbocycles. The van der Waals surface area contributed by atoms with Crippen molar-refractivity contribution in [3.63, 3.8) is 0 Å². The van der Waals surface area contributed by atoms with Crippen LogP contribution in [-0.2, 0) is 6.54 Å². The summed E-state index contributed by atoms with van der Waals surface area (Å²) >= 11 is 1.46. The molecule has 27 heavy (non-hydrogen) atoms. The van der Waals surface area contributed by atoms with E-state index in [1.54, 1.807) is 12.4 Å². The Kier molecular flexibility index (Phi) is 4.49. The van der Waals surface area contributed by atoms with Crippen molar-refractivity contribution in [2.45, 2.75) is 20.4 Å². The topological polar surface area (TPSA) is 73.1 Å². The fourth-order valence-electron chi connectivity index (χ4n) is 3.12. The van der Waals surface area contributed by atoms with Crippen molar-refractivity contribution >= 4 is 22.7 Å². The van der Waals surface area contributed by atoms with E-state index in [9.17, 15) is 5.11 Å². The van der Waals surface area contributed by atoms with Crippen molar-refractivity contribution < 1.29 is 5.11 Å². The molecule has 2 aromatic heterocycles. The van der Waals surface area contributed by atoms with E-state index >= 15 is 0 Å². The van der Waals surface area contributed by atoms with E-state index in [0.717, 1.165) is 16.8 Å². The summed E-state index contributed by atoms with van der Waals surface area (Å²) in [6, 6.07) is 10.1. The number of hydrogen-bond acceptors (Lipinski definition) is 5. The fraction of sp³-hybridized carbons (Fsp3) is 0.190. The predicted octanol–water partition coefficient (Wildman–Crippen LogP) is 4.58. The van der Waals surface area contributed by atoms with Gasteiger partial charge in [-0.3, -0.25) is 10.4 Å². The number of nitrogens with zero attached hydrogens (tertiary/aromatic N) is 3. The molecule has 0 amide bonds. The number of aliphatic hydroxyl groups is 1. The summed E-state index contributed by atoms with van der Waals surface area (Å²) in [5, 5.41) is 21.7. The van der Waals surface area contributed by atoms with Crippen molar-refractivity contribution in [3.8, 4) is 11.3 Å². The lowest BCUT2D eigenvalue weighted by atomic mass is 10.1. The summed E-state index contributed by atoms with van der Waals surface area (Å²) in [5.41, 5.74) is 5.99. The van der Waals surface area contributed by atoms with Crippen LogP contribution in [0.5, 0.6) is 0 Å². The molecule has 3 heterocycles. The summed E-state index contributed by atoms with van der Waals surface area (Å²) < 4.78 is 0. The number of thiazole rings is 1. The van der Waals surface area contributed by atoms with Crippen LogP contribution in [-0.4, -0.2) is 32.4 Å². The number of aliphatic hydroxyl groups excluding tert-OH is 1. The Hall–Kier alpha value is -2.99. The van der Waals surface area contributed by atoms with Crippen molar-refractivity contribution in [3.05, 3.63) is 75.6 Å². The molecule has 1 aromatic carbocycles. The third-order valence-electron chi connectivity index (χ3n) is 4.83. The summed E-state index contributed by atoms with van der Waals surface area (Å²) in [4.78, 5) is 10.6. The van der Waals surface area contributed by atoms with Gasteiger partial charge in [0.2, 0.25) is 0 Å². The lowest BCUT2D eigenvalue weighted by Gasteiger charge is -2.18. The van der Waals surface area contributed by atoms with E-state index in [4.69, 9.17) is 10.4 Å². The second-order valence-corrected chi connectivity index (χ2v) is 7.58. The molecule has 0 fully saturated rings. The SMILES string of the molecule is Cc1ccc(-c2csc(C3=C(O)CN(Cc4ccncc4)C3=N)n2)cc1C. The minimum atomic E-state index is 0.204. The number of hydrogen-bond donors (Lipinski definition) is 2. The molecule has 0 spiro atoms. The van der Waals surface area contributed by atoms with E-state index in [0.29, 0.717) is 29.5 Å². The van der Waals surface area contributed by atoms with Crippen LogP contribution >= 0.6 is 11.3 Å². The van der Waals surface area contributed by atoms with Crippen molar-refractivity contribution in [1.82, 2.24) is 14.9 Å². The van der Waals surface area contributed by atoms with E-state index in [2.05, 4.69) is 37.0 Å². The van der Waals surface area contributed by atoms with Crippen LogP contribution in [0.15, 0.2) is 53.9 Å². The smallest absolute Gasteiger partial charge is 0.135 e. The average Bonchev–Trinajstić information content (AvgIpc) is 3.23. The molecule has 2 N–H and O–H groups in total. The molecule has 1 aliphatic heterocycles. The van der Waals surface area contributed by atoms with Gasteiger partial charge >= 0.3 is 0 Å². The van der Waals surface area contributed by atoms with E-state index in [-0.39, 0.29) is 5.76 Å². The highest BCUT2D eigenvalue weighted by atomic mass is 32.1. The summed E-state index contributed by atoms with van der Waals surface area (Å²) in [7, 11) is 0. The standard InChI is InChI=1S/C21H20N4OS/c1-13-3-4-16(9-14(13)2)17-12-27-21(24-17)19-18(26)11-25(20(19)22)10-15-5-7-23-8-6-15/h3-9,12,22,26H,10-11H2,1-2H3. The molecule has 1 aliphatic rings. The van der Waals surface area contributed by atoms with Gasteiger partial charge < -0.3 is 10.0 Å². The maximum atomic E-state index is 10.5. The van der Waals surface area contributed by atoms with Crippen LogP contribution < -0.4 is 0 Å².